The number of rotatable bonds is 8. The zero-order valence-electron chi connectivity index (χ0n) is 32.1. The number of likely N-dealkylation sites (tertiary alicyclic amines) is 2. The molecular weight excluding hydrogens is 683 g/mol. The normalized spacial score (nSPS) is 22.2. The highest BCUT2D eigenvalue weighted by molar-refractivity contribution is 5.86. The van der Waals surface area contributed by atoms with E-state index in [2.05, 4.69) is 46.0 Å². The number of nitrogens with zero attached hydrogens (tertiary/aromatic N) is 4. The minimum absolute atomic E-state index is 0.0115. The molecule has 3 fully saturated rings. The van der Waals surface area contributed by atoms with Gasteiger partial charge in [-0.15, -0.1) is 0 Å². The maximum atomic E-state index is 13.7. The fourth-order valence-corrected chi connectivity index (χ4v) is 8.00. The van der Waals surface area contributed by atoms with E-state index in [1.807, 2.05) is 73.0 Å². The van der Waals surface area contributed by atoms with Crippen molar-refractivity contribution >= 4 is 28.9 Å². The Morgan fingerprint density at radius 2 is 1.70 bits per heavy atom. The van der Waals surface area contributed by atoms with Gasteiger partial charge in [0, 0.05) is 42.2 Å². The van der Waals surface area contributed by atoms with Crippen LogP contribution in [0.2, 0.25) is 0 Å². The fraction of sp³-hybridized carbons (Fsp3) is 0.500. The molecular formula is C42H51N7O5. The number of fused-ring (bicyclic) bond motifs is 1. The predicted octanol–water partition coefficient (Wildman–Crippen LogP) is 6.37. The summed E-state index contributed by atoms with van der Waals surface area (Å²) in [4.78, 5) is 59.6. The quantitative estimate of drug-likeness (QED) is 0.179. The molecule has 2 aromatic heterocycles. The average Bonchev–Trinajstić information content (AvgIpc) is 4.02. The van der Waals surface area contributed by atoms with Crippen LogP contribution in [0.3, 0.4) is 0 Å². The van der Waals surface area contributed by atoms with Crippen LogP contribution in [0.15, 0.2) is 48.7 Å². The minimum Gasteiger partial charge on any atom is -0.453 e. The van der Waals surface area contributed by atoms with Gasteiger partial charge in [-0.2, -0.15) is 0 Å². The van der Waals surface area contributed by atoms with E-state index in [-0.39, 0.29) is 47.1 Å². The van der Waals surface area contributed by atoms with Crippen LogP contribution < -0.4 is 5.32 Å². The zero-order chi connectivity index (χ0) is 38.1. The van der Waals surface area contributed by atoms with E-state index in [0.29, 0.717) is 19.7 Å². The summed E-state index contributed by atoms with van der Waals surface area (Å²) in [5.74, 6) is 8.28. The number of ether oxygens (including phenoxy) is 2. The van der Waals surface area contributed by atoms with Crippen molar-refractivity contribution in [3.8, 4) is 23.1 Å². The number of hydrogen-bond acceptors (Lipinski definition) is 7. The Kier molecular flexibility index (Phi) is 10.5. The number of methoxy groups -OCH3 is 1. The maximum absolute atomic E-state index is 13.7. The number of imidazole rings is 2. The molecule has 0 radical (unpaired) electrons. The van der Waals surface area contributed by atoms with Gasteiger partial charge < -0.3 is 34.6 Å². The number of aromatic nitrogens is 4. The Morgan fingerprint density at radius 3 is 2.41 bits per heavy atom. The first-order valence-corrected chi connectivity index (χ1v) is 19.2. The average molecular weight is 734 g/mol. The highest BCUT2D eigenvalue weighted by atomic mass is 16.5. The Labute approximate surface area is 316 Å². The third-order valence-corrected chi connectivity index (χ3v) is 11.6. The summed E-state index contributed by atoms with van der Waals surface area (Å²) in [5.41, 5.74) is 5.30. The van der Waals surface area contributed by atoms with E-state index >= 15 is 0 Å². The first-order chi connectivity index (χ1) is 25.9. The third-order valence-electron chi connectivity index (χ3n) is 11.6. The molecule has 54 heavy (non-hydrogen) atoms. The van der Waals surface area contributed by atoms with E-state index in [1.54, 1.807) is 6.20 Å². The summed E-state index contributed by atoms with van der Waals surface area (Å²) in [7, 11) is 1.29. The zero-order valence-corrected chi connectivity index (χ0v) is 32.1. The Bertz CT molecular complexity index is 2070. The molecule has 0 aliphatic carbocycles. The molecule has 284 valence electrons. The van der Waals surface area contributed by atoms with Crippen LogP contribution in [-0.2, 0) is 19.1 Å². The number of carbonyl (C=O) groups is 3. The number of amides is 3. The molecule has 3 aliphatic rings. The number of nitrogens with one attached hydrogen (secondary N) is 3. The smallest absolute Gasteiger partial charge is 0.407 e. The number of aromatic amines is 2. The second-order valence-corrected chi connectivity index (χ2v) is 15.9. The summed E-state index contributed by atoms with van der Waals surface area (Å²) in [6, 6.07) is 13.0. The SMILES string of the molecule is COC(=O)N[C@H](C(=O)N1CCC[C@H]1c1ncc(-c2ccc(C#Cc3ccc4nc([C@@H]5C[C@@]6(CCOC6)CN5C(=O)[C@@H](C)C(C)C)[nH]c4c3)cc2)[nH]1)C(C)C. The number of carbonyl (C=O) groups excluding carboxylic acids is 3. The van der Waals surface area contributed by atoms with Crippen LogP contribution in [0.25, 0.3) is 22.3 Å². The number of hydrogen-bond donors (Lipinski definition) is 3. The van der Waals surface area contributed by atoms with Gasteiger partial charge in [-0.25, -0.2) is 14.8 Å². The summed E-state index contributed by atoms with van der Waals surface area (Å²) in [6.45, 7) is 12.8. The molecule has 2 aromatic carbocycles. The van der Waals surface area contributed by atoms with Gasteiger partial charge >= 0.3 is 6.09 Å². The summed E-state index contributed by atoms with van der Waals surface area (Å²) in [5, 5.41) is 2.70. The monoisotopic (exact) mass is 733 g/mol. The van der Waals surface area contributed by atoms with Crippen LogP contribution in [0.5, 0.6) is 0 Å². The highest BCUT2D eigenvalue weighted by Gasteiger charge is 2.50. The molecule has 1 spiro atoms. The van der Waals surface area contributed by atoms with Crippen LogP contribution in [0.4, 0.5) is 4.79 Å². The van der Waals surface area contributed by atoms with Gasteiger partial charge in [-0.05, 0) is 73.4 Å². The van der Waals surface area contributed by atoms with Crippen LogP contribution in [0, 0.1) is 35.0 Å². The van der Waals surface area contributed by atoms with Crippen molar-refractivity contribution in [1.29, 1.82) is 0 Å². The van der Waals surface area contributed by atoms with E-state index in [4.69, 9.17) is 14.5 Å². The van der Waals surface area contributed by atoms with Gasteiger partial charge in [0.25, 0.3) is 0 Å². The molecule has 12 heteroatoms. The van der Waals surface area contributed by atoms with Crippen LogP contribution in [-0.4, -0.2) is 87.1 Å². The van der Waals surface area contributed by atoms with Crippen molar-refractivity contribution < 1.29 is 23.9 Å². The molecule has 7 rings (SSSR count). The fourth-order valence-electron chi connectivity index (χ4n) is 8.00. The van der Waals surface area contributed by atoms with Crippen molar-refractivity contribution in [2.24, 2.45) is 23.2 Å². The van der Waals surface area contributed by atoms with Gasteiger partial charge in [0.1, 0.15) is 17.7 Å². The van der Waals surface area contributed by atoms with Gasteiger partial charge in [0.15, 0.2) is 0 Å². The van der Waals surface area contributed by atoms with Gasteiger partial charge in [-0.1, -0.05) is 58.6 Å². The topological polar surface area (TPSA) is 146 Å². The van der Waals surface area contributed by atoms with E-state index in [0.717, 1.165) is 77.4 Å². The lowest BCUT2D eigenvalue weighted by molar-refractivity contribution is -0.138. The first-order valence-electron chi connectivity index (χ1n) is 19.2. The molecule has 0 saturated carbocycles. The van der Waals surface area contributed by atoms with Crippen molar-refractivity contribution in [2.75, 3.05) is 33.4 Å². The molecule has 3 N–H and O–H groups in total. The predicted molar refractivity (Wildman–Crippen MR) is 205 cm³/mol. The Balaban J connectivity index is 1.04. The van der Waals surface area contributed by atoms with E-state index in [1.165, 1.54) is 7.11 Å². The highest BCUT2D eigenvalue weighted by Crippen LogP contribution is 2.48. The molecule has 0 unspecified atom stereocenters. The van der Waals surface area contributed by atoms with Gasteiger partial charge in [0.2, 0.25) is 11.8 Å². The lowest BCUT2D eigenvalue weighted by Crippen LogP contribution is -2.51. The summed E-state index contributed by atoms with van der Waals surface area (Å²) >= 11 is 0. The van der Waals surface area contributed by atoms with Gasteiger partial charge in [0.05, 0.1) is 48.7 Å². The third kappa shape index (κ3) is 7.47. The van der Waals surface area contributed by atoms with Crippen molar-refractivity contribution in [3.05, 3.63) is 71.4 Å². The molecule has 12 nitrogen and oxygen atoms in total. The molecule has 3 amide bonds. The number of alkyl carbamates (subject to hydrolysis) is 1. The summed E-state index contributed by atoms with van der Waals surface area (Å²) < 4.78 is 10.6. The lowest BCUT2D eigenvalue weighted by atomic mass is 9.85. The molecule has 4 aromatic rings. The van der Waals surface area contributed by atoms with Crippen molar-refractivity contribution in [3.63, 3.8) is 0 Å². The number of H-pyrrole nitrogens is 2. The van der Waals surface area contributed by atoms with Crippen molar-refractivity contribution in [2.45, 2.75) is 78.4 Å². The summed E-state index contributed by atoms with van der Waals surface area (Å²) in [6.07, 6.45) is 4.63. The second-order valence-electron chi connectivity index (χ2n) is 15.9. The second kappa shape index (κ2) is 15.3. The first kappa shape index (κ1) is 37.2. The Morgan fingerprint density at radius 1 is 0.944 bits per heavy atom. The molecule has 3 aliphatic heterocycles. The molecule has 3 saturated heterocycles. The van der Waals surface area contributed by atoms with Crippen molar-refractivity contribution in [1.82, 2.24) is 35.1 Å². The molecule has 5 atom stereocenters. The standard InChI is InChI=1S/C42H51N7O5/c1-25(2)27(5)39(50)49-23-42(17-19-54-24-42)21-35(49)38-44-31-16-13-29(20-32(31)45-38)10-9-28-11-14-30(15-12-28)33-22-43-37(46-33)34-8-7-18-48(34)40(51)36(26(3)4)47-41(52)53-6/h11-16,20,22,25-27,34-36H,7-8,17-19,21,23-24H2,1-6H3,(H,43,46)(H,44,45)(H,47,52)/t27-,34-,35-,36-,42-/m0/s1. The Hall–Kier alpha value is -5.15. The van der Waals surface area contributed by atoms with Gasteiger partial charge in [-0.3, -0.25) is 9.59 Å². The minimum atomic E-state index is -0.682. The largest absolute Gasteiger partial charge is 0.453 e. The molecule has 0 bridgehead atoms. The van der Waals surface area contributed by atoms with E-state index < -0.39 is 12.1 Å². The molecule has 5 heterocycles. The number of benzene rings is 2. The maximum Gasteiger partial charge on any atom is 0.407 e. The lowest BCUT2D eigenvalue weighted by Gasteiger charge is -2.30. The van der Waals surface area contributed by atoms with E-state index in [9.17, 15) is 14.4 Å². The van der Waals surface area contributed by atoms with Crippen LogP contribution in [0.1, 0.15) is 95.2 Å². The van der Waals surface area contributed by atoms with Crippen LogP contribution >= 0.6 is 0 Å².